The minimum absolute atomic E-state index is 0.141. The van der Waals surface area contributed by atoms with Crippen molar-refractivity contribution in [2.24, 2.45) is 0 Å². The lowest BCUT2D eigenvalue weighted by Crippen LogP contribution is -2.62. The van der Waals surface area contributed by atoms with Gasteiger partial charge in [0, 0.05) is 49.3 Å². The Labute approximate surface area is 193 Å². The lowest BCUT2D eigenvalue weighted by Gasteiger charge is -2.50. The molecule has 3 aliphatic rings. The second-order valence-electron chi connectivity index (χ2n) is 8.89. The van der Waals surface area contributed by atoms with Gasteiger partial charge in [0.25, 0.3) is 5.91 Å². The molecule has 4 amide bonds. The number of urea groups is 1. The number of nitrogens with one attached hydrogen (secondary N) is 3. The normalized spacial score (nSPS) is 20.2. The number of amides is 4. The fourth-order valence-corrected chi connectivity index (χ4v) is 4.65. The van der Waals surface area contributed by atoms with Crippen molar-refractivity contribution in [2.45, 2.75) is 51.6 Å². The lowest BCUT2D eigenvalue weighted by molar-refractivity contribution is -0.000351. The average molecular weight is 456 g/mol. The summed E-state index contributed by atoms with van der Waals surface area (Å²) in [7, 11) is 2.10. The summed E-state index contributed by atoms with van der Waals surface area (Å²) in [4.78, 5) is 42.7. The predicted octanol–water partition coefficient (Wildman–Crippen LogP) is 2.45. The fraction of sp³-hybridized carbons (Fsp3) is 0.565. The van der Waals surface area contributed by atoms with Crippen LogP contribution in [0, 0.1) is 0 Å². The number of hydrogen-bond donors (Lipinski definition) is 3. The highest BCUT2D eigenvalue weighted by Crippen LogP contribution is 2.31. The summed E-state index contributed by atoms with van der Waals surface area (Å²) in [6, 6.07) is 4.96. The van der Waals surface area contributed by atoms with Crippen LogP contribution in [0.2, 0.25) is 0 Å². The van der Waals surface area contributed by atoms with Gasteiger partial charge in [0.2, 0.25) is 0 Å². The van der Waals surface area contributed by atoms with Crippen LogP contribution in [0.5, 0.6) is 0 Å². The summed E-state index contributed by atoms with van der Waals surface area (Å²) < 4.78 is 1.26. The fourth-order valence-electron chi connectivity index (χ4n) is 4.65. The number of fused-ring (bicyclic) bond motifs is 4. The predicted molar refractivity (Wildman–Crippen MR) is 127 cm³/mol. The maximum Gasteiger partial charge on any atom is 0.342 e. The van der Waals surface area contributed by atoms with Gasteiger partial charge in [-0.1, -0.05) is 13.8 Å². The van der Waals surface area contributed by atoms with E-state index in [0.717, 1.165) is 32.2 Å². The van der Waals surface area contributed by atoms with Gasteiger partial charge in [-0.25, -0.2) is 9.59 Å². The molecule has 33 heavy (non-hydrogen) atoms. The van der Waals surface area contributed by atoms with Crippen LogP contribution in [-0.2, 0) is 0 Å². The van der Waals surface area contributed by atoms with Crippen LogP contribution in [0.15, 0.2) is 18.2 Å². The van der Waals surface area contributed by atoms with E-state index < -0.39 is 0 Å². The van der Waals surface area contributed by atoms with Crippen LogP contribution in [-0.4, -0.2) is 82.9 Å². The van der Waals surface area contributed by atoms with Crippen LogP contribution < -0.4 is 16.0 Å². The minimum Gasteiger partial charge on any atom is -0.338 e. The standard InChI is InChI=1S/C23H33N7O3/c1-4-10-24-22(32)26-15-6-9-19-18(12-15)20(27-30(19)23(33)25-11-5-2)21(31)29-14-16-7-8-17(29)13-28(16)3/h6,9,12,16-17H,4-5,7-8,10-11,13-14H2,1-3H3,(H,25,33)(H2,24,26,32). The molecule has 1 aromatic heterocycles. The molecular formula is C23H33N7O3. The van der Waals surface area contributed by atoms with Crippen LogP contribution in [0.25, 0.3) is 10.9 Å². The van der Waals surface area contributed by atoms with E-state index in [9.17, 15) is 14.4 Å². The molecule has 0 aliphatic carbocycles. The van der Waals surface area contributed by atoms with Gasteiger partial charge in [0.05, 0.1) is 5.52 Å². The molecule has 4 heterocycles. The largest absolute Gasteiger partial charge is 0.342 e. The molecule has 2 atom stereocenters. The van der Waals surface area contributed by atoms with E-state index in [4.69, 9.17) is 0 Å². The number of carbonyl (C=O) groups is 3. The molecule has 1 aromatic carbocycles. The summed E-state index contributed by atoms with van der Waals surface area (Å²) in [5.74, 6) is -0.169. The molecule has 5 rings (SSSR count). The number of nitrogens with zero attached hydrogens (tertiary/aromatic N) is 4. The van der Waals surface area contributed by atoms with Crippen molar-refractivity contribution >= 4 is 34.6 Å². The first-order valence-corrected chi connectivity index (χ1v) is 11.8. The number of carbonyl (C=O) groups excluding carboxylic acids is 3. The minimum atomic E-state index is -0.373. The molecule has 3 N–H and O–H groups in total. The highest BCUT2D eigenvalue weighted by atomic mass is 16.2. The number of hydrogen-bond acceptors (Lipinski definition) is 5. The molecule has 3 aliphatic heterocycles. The molecule has 2 unspecified atom stereocenters. The summed E-state index contributed by atoms with van der Waals surface area (Å²) in [6.45, 7) is 6.54. The lowest BCUT2D eigenvalue weighted by atomic mass is 9.91. The van der Waals surface area contributed by atoms with E-state index in [1.807, 2.05) is 18.7 Å². The quantitative estimate of drug-likeness (QED) is 0.620. The van der Waals surface area contributed by atoms with Crippen LogP contribution in [0.1, 0.15) is 50.0 Å². The zero-order valence-electron chi connectivity index (χ0n) is 19.6. The first kappa shape index (κ1) is 23.0. The Bertz CT molecular complexity index is 1050. The third-order valence-corrected chi connectivity index (χ3v) is 6.46. The first-order valence-electron chi connectivity index (χ1n) is 11.8. The van der Waals surface area contributed by atoms with Gasteiger partial charge in [-0.15, -0.1) is 0 Å². The molecule has 0 radical (unpaired) electrons. The third-order valence-electron chi connectivity index (χ3n) is 6.46. The van der Waals surface area contributed by atoms with Crippen molar-refractivity contribution < 1.29 is 14.4 Å². The smallest absolute Gasteiger partial charge is 0.338 e. The van der Waals surface area contributed by atoms with E-state index in [1.54, 1.807) is 18.2 Å². The highest BCUT2D eigenvalue weighted by Gasteiger charge is 2.40. The number of likely N-dealkylation sites (N-methyl/N-ethyl adjacent to an activating group) is 1. The van der Waals surface area contributed by atoms with Crippen LogP contribution in [0.4, 0.5) is 15.3 Å². The summed E-state index contributed by atoms with van der Waals surface area (Å²) in [5.41, 5.74) is 1.31. The molecule has 10 heteroatoms. The third kappa shape index (κ3) is 4.66. The van der Waals surface area contributed by atoms with Crippen molar-refractivity contribution in [3.63, 3.8) is 0 Å². The number of aromatic nitrogens is 2. The number of benzene rings is 1. The van der Waals surface area contributed by atoms with E-state index >= 15 is 0 Å². The monoisotopic (exact) mass is 455 g/mol. The van der Waals surface area contributed by atoms with Gasteiger partial charge in [-0.2, -0.15) is 9.78 Å². The second kappa shape index (κ2) is 9.78. The summed E-state index contributed by atoms with van der Waals surface area (Å²) in [6.07, 6.45) is 3.68. The van der Waals surface area contributed by atoms with Crippen molar-refractivity contribution in [3.05, 3.63) is 23.9 Å². The van der Waals surface area contributed by atoms with Gasteiger partial charge in [0.1, 0.15) is 0 Å². The first-order chi connectivity index (χ1) is 15.9. The van der Waals surface area contributed by atoms with Crippen LogP contribution in [0.3, 0.4) is 0 Å². The van der Waals surface area contributed by atoms with E-state index in [0.29, 0.717) is 42.3 Å². The Hall–Kier alpha value is -3.14. The van der Waals surface area contributed by atoms with Crippen molar-refractivity contribution in [2.75, 3.05) is 38.5 Å². The zero-order chi connectivity index (χ0) is 23.5. The maximum absolute atomic E-state index is 13.6. The Morgan fingerprint density at radius 3 is 2.42 bits per heavy atom. The zero-order valence-corrected chi connectivity index (χ0v) is 19.6. The Balaban J connectivity index is 1.68. The van der Waals surface area contributed by atoms with E-state index in [1.165, 1.54) is 4.68 Å². The van der Waals surface area contributed by atoms with Crippen molar-refractivity contribution in [3.8, 4) is 0 Å². The Kier molecular flexibility index (Phi) is 6.83. The number of piperazine rings is 1. The molecule has 10 nitrogen and oxygen atoms in total. The van der Waals surface area contributed by atoms with Crippen molar-refractivity contribution in [1.29, 1.82) is 0 Å². The second-order valence-corrected chi connectivity index (χ2v) is 8.89. The molecule has 2 bridgehead atoms. The molecule has 2 aromatic rings. The SMILES string of the molecule is CCCNC(=O)Nc1ccc2c(c1)c(C(=O)N1CC3CCC1CN3C)nn2C(=O)NCCC. The molecular weight excluding hydrogens is 422 g/mol. The highest BCUT2D eigenvalue weighted by molar-refractivity contribution is 6.08. The van der Waals surface area contributed by atoms with Gasteiger partial charge in [0.15, 0.2) is 5.69 Å². The molecule has 178 valence electrons. The van der Waals surface area contributed by atoms with Gasteiger partial charge in [-0.3, -0.25) is 9.69 Å². The Morgan fingerprint density at radius 2 is 1.76 bits per heavy atom. The van der Waals surface area contributed by atoms with E-state index in [2.05, 4.69) is 33.0 Å². The van der Waals surface area contributed by atoms with Gasteiger partial charge in [-0.05, 0) is 50.9 Å². The number of piperidine rings is 2. The molecule has 3 fully saturated rings. The number of rotatable bonds is 6. The maximum atomic E-state index is 13.6. The van der Waals surface area contributed by atoms with Crippen molar-refractivity contribution in [1.82, 2.24) is 30.2 Å². The van der Waals surface area contributed by atoms with Gasteiger partial charge >= 0.3 is 12.1 Å². The Morgan fingerprint density at radius 1 is 1.03 bits per heavy atom. The average Bonchev–Trinajstić information content (AvgIpc) is 3.20. The summed E-state index contributed by atoms with van der Waals surface area (Å²) in [5, 5.41) is 13.4. The molecule has 0 spiro atoms. The van der Waals surface area contributed by atoms with E-state index in [-0.39, 0.29) is 29.7 Å². The molecule has 0 saturated carbocycles. The van der Waals surface area contributed by atoms with Crippen LogP contribution >= 0.6 is 0 Å². The number of anilines is 1. The molecule has 3 saturated heterocycles. The van der Waals surface area contributed by atoms with Gasteiger partial charge < -0.3 is 20.9 Å². The topological polar surface area (TPSA) is 112 Å². The summed E-state index contributed by atoms with van der Waals surface area (Å²) >= 11 is 0.